The van der Waals surface area contributed by atoms with Crippen LogP contribution in [0.1, 0.15) is 63.9 Å². The fraction of sp³-hybridized carbons (Fsp3) is 0.679. The molecule has 2 fully saturated rings. The molecule has 0 aromatic heterocycles. The number of nitrogens with one attached hydrogen (secondary N) is 2. The minimum atomic E-state index is -2.02. The maximum absolute atomic E-state index is 12.7. The number of fused-ring (bicyclic) bond motifs is 2. The highest BCUT2D eigenvalue weighted by Crippen LogP contribution is 2.48. The molecule has 2 saturated carbocycles. The molecule has 7 atom stereocenters. The first-order chi connectivity index (χ1) is 17.8. The molecule has 2 bridgehead atoms. The predicted molar refractivity (Wildman–Crippen MR) is 137 cm³/mol. The van der Waals surface area contributed by atoms with Gasteiger partial charge in [-0.1, -0.05) is 43.2 Å². The van der Waals surface area contributed by atoms with Crippen LogP contribution in [0.25, 0.3) is 0 Å². The van der Waals surface area contributed by atoms with E-state index in [0.717, 1.165) is 32.1 Å². The largest absolute Gasteiger partial charge is 0.469 e. The van der Waals surface area contributed by atoms with E-state index in [1.54, 1.807) is 31.2 Å². The van der Waals surface area contributed by atoms with Crippen LogP contribution in [0, 0.1) is 17.8 Å². The standard InChI is InChI=1S/C28H42N2O7/c1-19(17-31)30-25(32)12-8-7-11-23(29-2)18-36-28(34,22-9-5-4-6-10-22)37-24-16-20-13-14-21(15-20)26(24)27(33)35-3/h4-6,9-10,17,19-21,23-24,26,29,34H,7-8,11-16,18H2,1-3H3,(H,30,32). The monoisotopic (exact) mass is 518 g/mol. The normalized spacial score (nSPS) is 26.1. The zero-order valence-corrected chi connectivity index (χ0v) is 22.2. The van der Waals surface area contributed by atoms with Crippen molar-refractivity contribution in [3.63, 3.8) is 0 Å². The Morgan fingerprint density at radius 3 is 2.62 bits per heavy atom. The molecule has 9 heteroatoms. The Morgan fingerprint density at radius 2 is 1.95 bits per heavy atom. The SMILES string of the molecule is CNC(CCCCC(=O)NC(C)C=O)COC(O)(OC1CC2CCC(C2)C1C(=O)OC)c1ccccc1. The second kappa shape index (κ2) is 14.0. The minimum absolute atomic E-state index is 0.0882. The van der Waals surface area contributed by atoms with Gasteiger partial charge < -0.3 is 34.7 Å². The number of esters is 1. The summed E-state index contributed by atoms with van der Waals surface area (Å²) >= 11 is 0. The molecule has 0 aliphatic heterocycles. The molecular weight excluding hydrogens is 476 g/mol. The molecule has 37 heavy (non-hydrogen) atoms. The van der Waals surface area contributed by atoms with Crippen LogP contribution in [-0.2, 0) is 34.6 Å². The van der Waals surface area contributed by atoms with Crippen LogP contribution < -0.4 is 10.6 Å². The Morgan fingerprint density at radius 1 is 1.19 bits per heavy atom. The number of hydrogen-bond acceptors (Lipinski definition) is 8. The van der Waals surface area contributed by atoms with Gasteiger partial charge in [0.2, 0.25) is 5.91 Å². The number of amides is 1. The third-order valence-corrected chi connectivity index (χ3v) is 7.67. The van der Waals surface area contributed by atoms with Gasteiger partial charge in [0.25, 0.3) is 0 Å². The Bertz CT molecular complexity index is 883. The first-order valence-electron chi connectivity index (χ1n) is 13.4. The molecule has 3 rings (SSSR count). The van der Waals surface area contributed by atoms with Gasteiger partial charge in [0.1, 0.15) is 6.29 Å². The number of ether oxygens (including phenoxy) is 3. The van der Waals surface area contributed by atoms with Gasteiger partial charge in [-0.15, -0.1) is 0 Å². The molecular formula is C28H42N2O7. The lowest BCUT2D eigenvalue weighted by Gasteiger charge is -2.40. The maximum atomic E-state index is 12.7. The number of rotatable bonds is 15. The first kappa shape index (κ1) is 29.2. The van der Waals surface area contributed by atoms with Crippen molar-refractivity contribution in [3.05, 3.63) is 35.9 Å². The highest BCUT2D eigenvalue weighted by atomic mass is 16.8. The van der Waals surface area contributed by atoms with Crippen molar-refractivity contribution in [2.75, 3.05) is 20.8 Å². The average Bonchev–Trinajstić information content (AvgIpc) is 3.29. The average molecular weight is 519 g/mol. The molecule has 1 amide bonds. The Balaban J connectivity index is 1.63. The summed E-state index contributed by atoms with van der Waals surface area (Å²) in [6, 6.07) is 8.39. The number of carbonyl (C=O) groups is 3. The van der Waals surface area contributed by atoms with Crippen molar-refractivity contribution in [2.24, 2.45) is 17.8 Å². The van der Waals surface area contributed by atoms with E-state index in [1.165, 1.54) is 7.11 Å². The molecule has 3 N–H and O–H groups in total. The number of likely N-dealkylation sites (N-methyl/N-ethyl adjacent to an activating group) is 1. The third-order valence-electron chi connectivity index (χ3n) is 7.67. The van der Waals surface area contributed by atoms with Crippen molar-refractivity contribution >= 4 is 18.2 Å². The lowest BCUT2D eigenvalue weighted by Crippen LogP contribution is -2.47. The molecule has 206 valence electrons. The molecule has 9 nitrogen and oxygen atoms in total. The number of unbranched alkanes of at least 4 members (excludes halogenated alkanes) is 1. The van der Waals surface area contributed by atoms with Crippen molar-refractivity contribution < 1.29 is 33.7 Å². The van der Waals surface area contributed by atoms with E-state index in [9.17, 15) is 19.5 Å². The maximum Gasteiger partial charge on any atom is 0.311 e. The number of methoxy groups -OCH3 is 1. The zero-order chi connectivity index (χ0) is 26.8. The van der Waals surface area contributed by atoms with E-state index in [2.05, 4.69) is 10.6 Å². The fourth-order valence-electron chi connectivity index (χ4n) is 5.63. The predicted octanol–water partition coefficient (Wildman–Crippen LogP) is 2.65. The summed E-state index contributed by atoms with van der Waals surface area (Å²) in [5.74, 6) is -2.25. The molecule has 1 aromatic carbocycles. The van der Waals surface area contributed by atoms with Crippen molar-refractivity contribution in [1.29, 1.82) is 0 Å². The first-order valence-corrected chi connectivity index (χ1v) is 13.4. The Kier molecular flexibility index (Phi) is 11.1. The van der Waals surface area contributed by atoms with Crippen LogP contribution in [0.3, 0.4) is 0 Å². The second-order valence-corrected chi connectivity index (χ2v) is 10.4. The molecule has 0 radical (unpaired) electrons. The number of hydrogen-bond donors (Lipinski definition) is 3. The van der Waals surface area contributed by atoms with Gasteiger partial charge in [-0.3, -0.25) is 9.59 Å². The Hall–Kier alpha value is -2.33. The second-order valence-electron chi connectivity index (χ2n) is 10.4. The van der Waals surface area contributed by atoms with E-state index in [-0.39, 0.29) is 30.4 Å². The van der Waals surface area contributed by atoms with Gasteiger partial charge >= 0.3 is 11.9 Å². The molecule has 0 saturated heterocycles. The van der Waals surface area contributed by atoms with E-state index in [1.807, 2.05) is 13.1 Å². The lowest BCUT2D eigenvalue weighted by molar-refractivity contribution is -0.395. The molecule has 1 aromatic rings. The van der Waals surface area contributed by atoms with Crippen LogP contribution in [0.4, 0.5) is 0 Å². The van der Waals surface area contributed by atoms with Crippen LogP contribution >= 0.6 is 0 Å². The number of benzene rings is 1. The number of aliphatic hydroxyl groups is 1. The van der Waals surface area contributed by atoms with Crippen LogP contribution in [0.2, 0.25) is 0 Å². The lowest BCUT2D eigenvalue weighted by atomic mass is 9.77. The molecule has 0 spiro atoms. The van der Waals surface area contributed by atoms with Crippen LogP contribution in [0.15, 0.2) is 30.3 Å². The highest BCUT2D eigenvalue weighted by molar-refractivity contribution is 5.79. The van der Waals surface area contributed by atoms with Gasteiger partial charge in [0, 0.05) is 18.0 Å². The summed E-state index contributed by atoms with van der Waals surface area (Å²) in [6.45, 7) is 1.81. The van der Waals surface area contributed by atoms with E-state index in [0.29, 0.717) is 37.0 Å². The van der Waals surface area contributed by atoms with Crippen LogP contribution in [0.5, 0.6) is 0 Å². The van der Waals surface area contributed by atoms with E-state index in [4.69, 9.17) is 14.2 Å². The summed E-state index contributed by atoms with van der Waals surface area (Å²) in [5, 5.41) is 17.5. The molecule has 7 unspecified atom stereocenters. The van der Waals surface area contributed by atoms with Gasteiger partial charge in [-0.2, -0.15) is 0 Å². The topological polar surface area (TPSA) is 123 Å². The van der Waals surface area contributed by atoms with Crippen molar-refractivity contribution in [2.45, 2.75) is 82.5 Å². The molecule has 2 aliphatic carbocycles. The smallest absolute Gasteiger partial charge is 0.311 e. The van der Waals surface area contributed by atoms with Gasteiger partial charge in [0.05, 0.1) is 31.8 Å². The van der Waals surface area contributed by atoms with Gasteiger partial charge in [0.15, 0.2) is 0 Å². The van der Waals surface area contributed by atoms with Crippen molar-refractivity contribution in [3.8, 4) is 0 Å². The summed E-state index contributed by atoms with van der Waals surface area (Å²) in [5.41, 5.74) is 0.465. The summed E-state index contributed by atoms with van der Waals surface area (Å²) in [7, 11) is 3.21. The van der Waals surface area contributed by atoms with Gasteiger partial charge in [-0.25, -0.2) is 0 Å². The Labute approximate surface area is 219 Å². The third kappa shape index (κ3) is 8.07. The number of aldehydes is 1. The quantitative estimate of drug-likeness (QED) is 0.140. The summed E-state index contributed by atoms with van der Waals surface area (Å²) < 4.78 is 17.5. The van der Waals surface area contributed by atoms with E-state index >= 15 is 0 Å². The molecule has 0 heterocycles. The molecule has 2 aliphatic rings. The summed E-state index contributed by atoms with van der Waals surface area (Å²) in [4.78, 5) is 35.3. The van der Waals surface area contributed by atoms with Crippen molar-refractivity contribution in [1.82, 2.24) is 10.6 Å². The minimum Gasteiger partial charge on any atom is -0.469 e. The highest BCUT2D eigenvalue weighted by Gasteiger charge is 2.50. The summed E-state index contributed by atoms with van der Waals surface area (Å²) in [6.07, 6.45) is 6.35. The van der Waals surface area contributed by atoms with E-state index < -0.39 is 24.0 Å². The number of carbonyl (C=O) groups excluding carboxylic acids is 3. The zero-order valence-electron chi connectivity index (χ0n) is 22.2. The van der Waals surface area contributed by atoms with Crippen LogP contribution in [-0.4, -0.2) is 62.2 Å². The fourth-order valence-corrected chi connectivity index (χ4v) is 5.63. The van der Waals surface area contributed by atoms with Gasteiger partial charge in [-0.05, 0) is 57.9 Å².